The highest BCUT2D eigenvalue weighted by Gasteiger charge is 2.14. The van der Waals surface area contributed by atoms with E-state index in [-0.39, 0.29) is 11.6 Å². The van der Waals surface area contributed by atoms with Crippen molar-refractivity contribution in [2.45, 2.75) is 0 Å². The summed E-state index contributed by atoms with van der Waals surface area (Å²) >= 11 is 0. The van der Waals surface area contributed by atoms with E-state index in [1.54, 1.807) is 35.6 Å². The maximum Gasteiger partial charge on any atom is 0.195 e. The molecular formula is C16H15FN2O. The van der Waals surface area contributed by atoms with Gasteiger partial charge in [0, 0.05) is 43.8 Å². The quantitative estimate of drug-likeness (QED) is 0.632. The zero-order valence-corrected chi connectivity index (χ0v) is 11.4. The number of carbonyl (C=O) groups is 1. The molecule has 0 spiro atoms. The molecule has 0 aliphatic rings. The second-order valence-corrected chi connectivity index (χ2v) is 4.58. The number of carbonyl (C=O) groups excluding carboxylic acids is 1. The monoisotopic (exact) mass is 270 g/mol. The SMILES string of the molecule is CN(C)C=C(C(=O)c1ccc(F)cc1)c1ccncc1. The maximum absolute atomic E-state index is 12.9. The van der Waals surface area contributed by atoms with Crippen molar-refractivity contribution in [1.82, 2.24) is 9.88 Å². The van der Waals surface area contributed by atoms with Crippen LogP contribution >= 0.6 is 0 Å². The molecule has 102 valence electrons. The summed E-state index contributed by atoms with van der Waals surface area (Å²) in [6.07, 6.45) is 5.02. The number of allylic oxidation sites excluding steroid dienone is 1. The molecule has 3 nitrogen and oxygen atoms in total. The normalized spacial score (nSPS) is 11.2. The number of halogens is 1. The lowest BCUT2D eigenvalue weighted by molar-refractivity contribution is 0.105. The number of pyridine rings is 1. The summed E-state index contributed by atoms with van der Waals surface area (Å²) in [6, 6.07) is 9.10. The van der Waals surface area contributed by atoms with E-state index in [2.05, 4.69) is 4.98 Å². The Bertz CT molecular complexity index is 619. The Morgan fingerprint density at radius 1 is 1.05 bits per heavy atom. The van der Waals surface area contributed by atoms with Crippen molar-refractivity contribution in [2.75, 3.05) is 14.1 Å². The molecular weight excluding hydrogens is 255 g/mol. The number of hydrogen-bond donors (Lipinski definition) is 0. The summed E-state index contributed by atoms with van der Waals surface area (Å²) in [4.78, 5) is 18.3. The fourth-order valence-electron chi connectivity index (χ4n) is 1.81. The van der Waals surface area contributed by atoms with Gasteiger partial charge in [0.05, 0.1) is 0 Å². The van der Waals surface area contributed by atoms with Crippen molar-refractivity contribution in [3.05, 3.63) is 71.9 Å². The number of nitrogens with zero attached hydrogens (tertiary/aromatic N) is 2. The van der Waals surface area contributed by atoms with Gasteiger partial charge in [0.1, 0.15) is 5.82 Å². The van der Waals surface area contributed by atoms with Gasteiger partial charge in [-0.2, -0.15) is 0 Å². The molecule has 1 aromatic carbocycles. The average molecular weight is 270 g/mol. The van der Waals surface area contributed by atoms with E-state index < -0.39 is 0 Å². The Morgan fingerprint density at radius 3 is 2.20 bits per heavy atom. The van der Waals surface area contributed by atoms with Crippen LogP contribution in [0.2, 0.25) is 0 Å². The summed E-state index contributed by atoms with van der Waals surface area (Å²) in [5.74, 6) is -0.506. The van der Waals surface area contributed by atoms with E-state index in [4.69, 9.17) is 0 Å². The van der Waals surface area contributed by atoms with Gasteiger partial charge in [0.25, 0.3) is 0 Å². The van der Waals surface area contributed by atoms with Gasteiger partial charge in [0.2, 0.25) is 0 Å². The highest BCUT2D eigenvalue weighted by Crippen LogP contribution is 2.20. The van der Waals surface area contributed by atoms with Gasteiger partial charge in [0.15, 0.2) is 5.78 Å². The van der Waals surface area contributed by atoms with Crippen molar-refractivity contribution in [3.63, 3.8) is 0 Å². The maximum atomic E-state index is 12.9. The van der Waals surface area contributed by atoms with Gasteiger partial charge in [-0.3, -0.25) is 9.78 Å². The van der Waals surface area contributed by atoms with Gasteiger partial charge in [-0.25, -0.2) is 4.39 Å². The van der Waals surface area contributed by atoms with Crippen LogP contribution in [-0.2, 0) is 0 Å². The molecule has 1 heterocycles. The smallest absolute Gasteiger partial charge is 0.195 e. The minimum absolute atomic E-state index is 0.148. The van der Waals surface area contributed by atoms with Crippen LogP contribution in [-0.4, -0.2) is 29.8 Å². The molecule has 0 saturated carbocycles. The molecule has 0 aliphatic carbocycles. The Kier molecular flexibility index (Phi) is 4.25. The van der Waals surface area contributed by atoms with Crippen LogP contribution in [0.25, 0.3) is 5.57 Å². The average Bonchev–Trinajstić information content (AvgIpc) is 2.45. The molecule has 0 unspecified atom stereocenters. The number of rotatable bonds is 4. The molecule has 2 rings (SSSR count). The molecule has 4 heteroatoms. The minimum atomic E-state index is -0.358. The van der Waals surface area contributed by atoms with Gasteiger partial charge >= 0.3 is 0 Å². The lowest BCUT2D eigenvalue weighted by Crippen LogP contribution is -2.09. The van der Waals surface area contributed by atoms with Gasteiger partial charge < -0.3 is 4.90 Å². The lowest BCUT2D eigenvalue weighted by Gasteiger charge is -2.11. The fraction of sp³-hybridized carbons (Fsp3) is 0.125. The fourth-order valence-corrected chi connectivity index (χ4v) is 1.81. The molecule has 0 N–H and O–H groups in total. The topological polar surface area (TPSA) is 33.2 Å². The van der Waals surface area contributed by atoms with Gasteiger partial charge in [-0.05, 0) is 42.0 Å². The van der Waals surface area contributed by atoms with Crippen LogP contribution in [0, 0.1) is 5.82 Å². The van der Waals surface area contributed by atoms with Crippen molar-refractivity contribution < 1.29 is 9.18 Å². The third-order valence-corrected chi connectivity index (χ3v) is 2.73. The van der Waals surface area contributed by atoms with E-state index >= 15 is 0 Å². The third kappa shape index (κ3) is 3.29. The Balaban J connectivity index is 2.42. The summed E-state index contributed by atoms with van der Waals surface area (Å²) in [6.45, 7) is 0. The molecule has 0 saturated heterocycles. The predicted molar refractivity (Wildman–Crippen MR) is 76.6 cm³/mol. The Morgan fingerprint density at radius 2 is 1.65 bits per heavy atom. The highest BCUT2D eigenvalue weighted by atomic mass is 19.1. The molecule has 2 aromatic rings. The summed E-state index contributed by atoms with van der Waals surface area (Å²) in [7, 11) is 3.69. The van der Waals surface area contributed by atoms with Crippen LogP contribution in [0.3, 0.4) is 0 Å². The van der Waals surface area contributed by atoms with E-state index in [0.717, 1.165) is 5.56 Å². The minimum Gasteiger partial charge on any atom is -0.383 e. The summed E-state index contributed by atoms with van der Waals surface area (Å²) in [5.41, 5.74) is 1.78. The van der Waals surface area contributed by atoms with E-state index in [0.29, 0.717) is 11.1 Å². The number of Topliss-reactive ketones (excluding diaryl/α,β-unsaturated/α-hetero) is 1. The summed E-state index contributed by atoms with van der Waals surface area (Å²) < 4.78 is 12.9. The molecule has 0 amide bonds. The second kappa shape index (κ2) is 6.10. The van der Waals surface area contributed by atoms with Crippen LogP contribution in [0.4, 0.5) is 4.39 Å². The number of benzene rings is 1. The van der Waals surface area contributed by atoms with Crippen LogP contribution < -0.4 is 0 Å². The van der Waals surface area contributed by atoms with E-state index in [9.17, 15) is 9.18 Å². The summed E-state index contributed by atoms with van der Waals surface area (Å²) in [5, 5.41) is 0. The molecule has 0 fully saturated rings. The Labute approximate surface area is 117 Å². The Hall–Kier alpha value is -2.49. The highest BCUT2D eigenvalue weighted by molar-refractivity contribution is 6.28. The zero-order chi connectivity index (χ0) is 14.5. The number of ketones is 1. The van der Waals surface area contributed by atoms with Crippen molar-refractivity contribution in [2.24, 2.45) is 0 Å². The first-order valence-corrected chi connectivity index (χ1v) is 6.17. The first-order chi connectivity index (χ1) is 9.58. The molecule has 1 aromatic heterocycles. The van der Waals surface area contributed by atoms with Gasteiger partial charge in [-0.1, -0.05) is 0 Å². The molecule has 0 atom stereocenters. The third-order valence-electron chi connectivity index (χ3n) is 2.73. The van der Waals surface area contributed by atoms with E-state index in [1.807, 2.05) is 14.1 Å². The molecule has 0 aliphatic heterocycles. The largest absolute Gasteiger partial charge is 0.383 e. The van der Waals surface area contributed by atoms with Gasteiger partial charge in [-0.15, -0.1) is 0 Å². The van der Waals surface area contributed by atoms with Crippen LogP contribution in [0.15, 0.2) is 55.0 Å². The number of aromatic nitrogens is 1. The first kappa shape index (κ1) is 13.9. The van der Waals surface area contributed by atoms with Crippen LogP contribution in [0.5, 0.6) is 0 Å². The molecule has 0 radical (unpaired) electrons. The molecule has 20 heavy (non-hydrogen) atoms. The first-order valence-electron chi connectivity index (χ1n) is 6.17. The number of hydrogen-bond acceptors (Lipinski definition) is 3. The lowest BCUT2D eigenvalue weighted by atomic mass is 9.98. The standard InChI is InChI=1S/C16H15FN2O/c1-19(2)11-15(12-7-9-18-10-8-12)16(20)13-3-5-14(17)6-4-13/h3-11H,1-2H3. The van der Waals surface area contributed by atoms with Crippen molar-refractivity contribution in [3.8, 4) is 0 Å². The van der Waals surface area contributed by atoms with Crippen LogP contribution in [0.1, 0.15) is 15.9 Å². The molecule has 0 bridgehead atoms. The van der Waals surface area contributed by atoms with Crippen molar-refractivity contribution >= 4 is 11.4 Å². The second-order valence-electron chi connectivity index (χ2n) is 4.58. The van der Waals surface area contributed by atoms with Crippen molar-refractivity contribution in [1.29, 1.82) is 0 Å². The predicted octanol–water partition coefficient (Wildman–Crippen LogP) is 3.01. The van der Waals surface area contributed by atoms with E-state index in [1.165, 1.54) is 24.3 Å². The zero-order valence-electron chi connectivity index (χ0n) is 11.4.